The average molecular weight is 255 g/mol. The minimum Gasteiger partial charge on any atom is -0.497 e. The quantitative estimate of drug-likeness (QED) is 0.821. The smallest absolute Gasteiger partial charge is 0.131 e. The van der Waals surface area contributed by atoms with Gasteiger partial charge >= 0.3 is 0 Å². The maximum Gasteiger partial charge on any atom is 0.131 e. The van der Waals surface area contributed by atoms with Crippen molar-refractivity contribution in [2.75, 3.05) is 7.11 Å². The number of halogens is 1. The number of rotatable bonds is 6. The molecular formula is C14H22FNO2. The standard InChI is InChI=1S/C14H22FNO2/c1-9(2)4-7-13(17)14(16)11-6-5-10(18-3)8-12(11)15/h5-6,8-9,13-14,17H,4,7,16H2,1-3H3/t13-,14+/m0/s1. The largest absolute Gasteiger partial charge is 0.497 e. The third-order valence-corrected chi connectivity index (χ3v) is 3.02. The molecule has 0 aliphatic carbocycles. The van der Waals surface area contributed by atoms with Crippen LogP contribution in [0, 0.1) is 11.7 Å². The number of methoxy groups -OCH3 is 1. The molecule has 0 saturated heterocycles. The highest BCUT2D eigenvalue weighted by molar-refractivity contribution is 5.31. The van der Waals surface area contributed by atoms with Gasteiger partial charge in [-0.3, -0.25) is 0 Å². The van der Waals surface area contributed by atoms with Gasteiger partial charge in [0.2, 0.25) is 0 Å². The lowest BCUT2D eigenvalue weighted by atomic mass is 9.95. The summed E-state index contributed by atoms with van der Waals surface area (Å²) in [7, 11) is 1.48. The van der Waals surface area contributed by atoms with Gasteiger partial charge in [-0.25, -0.2) is 4.39 Å². The van der Waals surface area contributed by atoms with Gasteiger partial charge in [-0.05, 0) is 24.8 Å². The first-order valence-corrected chi connectivity index (χ1v) is 6.22. The number of nitrogens with two attached hydrogens (primary N) is 1. The van der Waals surface area contributed by atoms with Crippen molar-refractivity contribution in [1.82, 2.24) is 0 Å². The number of aliphatic hydroxyl groups excluding tert-OH is 1. The summed E-state index contributed by atoms with van der Waals surface area (Å²) >= 11 is 0. The van der Waals surface area contributed by atoms with Crippen molar-refractivity contribution in [2.24, 2.45) is 11.7 Å². The van der Waals surface area contributed by atoms with Crippen LogP contribution in [0.4, 0.5) is 4.39 Å². The summed E-state index contributed by atoms with van der Waals surface area (Å²) in [6.45, 7) is 4.15. The fourth-order valence-corrected chi connectivity index (χ4v) is 1.80. The van der Waals surface area contributed by atoms with Crippen LogP contribution < -0.4 is 10.5 Å². The van der Waals surface area contributed by atoms with E-state index in [1.54, 1.807) is 12.1 Å². The number of aliphatic hydroxyl groups is 1. The molecule has 0 heterocycles. The second-order valence-electron chi connectivity index (χ2n) is 4.95. The molecule has 0 fully saturated rings. The molecule has 0 amide bonds. The second-order valence-corrected chi connectivity index (χ2v) is 4.95. The summed E-state index contributed by atoms with van der Waals surface area (Å²) in [5, 5.41) is 9.95. The van der Waals surface area contributed by atoms with Crippen molar-refractivity contribution in [1.29, 1.82) is 0 Å². The van der Waals surface area contributed by atoms with Gasteiger partial charge in [0, 0.05) is 11.6 Å². The Morgan fingerprint density at radius 1 is 1.33 bits per heavy atom. The van der Waals surface area contributed by atoms with E-state index in [2.05, 4.69) is 13.8 Å². The van der Waals surface area contributed by atoms with E-state index < -0.39 is 18.0 Å². The molecule has 3 nitrogen and oxygen atoms in total. The highest BCUT2D eigenvalue weighted by Gasteiger charge is 2.20. The molecule has 0 bridgehead atoms. The first kappa shape index (κ1) is 14.9. The summed E-state index contributed by atoms with van der Waals surface area (Å²) in [6.07, 6.45) is 0.715. The number of hydrogen-bond acceptors (Lipinski definition) is 3. The Hall–Kier alpha value is -1.13. The van der Waals surface area contributed by atoms with Crippen molar-refractivity contribution in [3.05, 3.63) is 29.6 Å². The molecule has 18 heavy (non-hydrogen) atoms. The zero-order chi connectivity index (χ0) is 13.7. The zero-order valence-electron chi connectivity index (χ0n) is 11.2. The lowest BCUT2D eigenvalue weighted by Crippen LogP contribution is -2.27. The maximum atomic E-state index is 13.8. The predicted molar refractivity (Wildman–Crippen MR) is 70.0 cm³/mol. The van der Waals surface area contributed by atoms with E-state index in [0.29, 0.717) is 23.7 Å². The normalized spacial score (nSPS) is 14.6. The monoisotopic (exact) mass is 255 g/mol. The number of hydrogen-bond donors (Lipinski definition) is 2. The van der Waals surface area contributed by atoms with Crippen LogP contribution in [0.25, 0.3) is 0 Å². The van der Waals surface area contributed by atoms with E-state index in [-0.39, 0.29) is 0 Å². The van der Waals surface area contributed by atoms with Crippen molar-refractivity contribution >= 4 is 0 Å². The third kappa shape index (κ3) is 3.96. The second kappa shape index (κ2) is 6.71. The van der Waals surface area contributed by atoms with Crippen LogP contribution in [0.3, 0.4) is 0 Å². The zero-order valence-corrected chi connectivity index (χ0v) is 11.2. The number of benzene rings is 1. The Morgan fingerprint density at radius 2 is 2.00 bits per heavy atom. The molecule has 0 aliphatic rings. The van der Waals surface area contributed by atoms with Crippen LogP contribution in [-0.2, 0) is 0 Å². The highest BCUT2D eigenvalue weighted by atomic mass is 19.1. The molecule has 0 radical (unpaired) electrons. The Bertz CT molecular complexity index is 382. The molecule has 1 rings (SSSR count). The van der Waals surface area contributed by atoms with Gasteiger partial charge in [0.25, 0.3) is 0 Å². The predicted octanol–water partition coefficient (Wildman–Crippen LogP) is 2.63. The van der Waals surface area contributed by atoms with E-state index in [1.807, 2.05) is 0 Å². The highest BCUT2D eigenvalue weighted by Crippen LogP contribution is 2.24. The molecule has 0 spiro atoms. The fraction of sp³-hybridized carbons (Fsp3) is 0.571. The van der Waals surface area contributed by atoms with Crippen molar-refractivity contribution in [3.63, 3.8) is 0 Å². The van der Waals surface area contributed by atoms with Crippen LogP contribution in [0.1, 0.15) is 38.3 Å². The minimum absolute atomic E-state index is 0.326. The molecular weight excluding hydrogens is 233 g/mol. The van der Waals surface area contributed by atoms with Crippen LogP contribution in [0.2, 0.25) is 0 Å². The summed E-state index contributed by atoms with van der Waals surface area (Å²) < 4.78 is 18.7. The van der Waals surface area contributed by atoms with E-state index in [1.165, 1.54) is 13.2 Å². The van der Waals surface area contributed by atoms with Crippen molar-refractivity contribution in [3.8, 4) is 5.75 Å². The van der Waals surface area contributed by atoms with Gasteiger partial charge in [-0.2, -0.15) is 0 Å². The molecule has 102 valence electrons. The molecule has 0 saturated carbocycles. The summed E-state index contributed by atoms with van der Waals surface area (Å²) in [4.78, 5) is 0. The molecule has 0 aliphatic heterocycles. The first-order chi connectivity index (χ1) is 8.45. The molecule has 1 aromatic carbocycles. The Balaban J connectivity index is 2.73. The van der Waals surface area contributed by atoms with Gasteiger partial charge in [0.1, 0.15) is 11.6 Å². The third-order valence-electron chi connectivity index (χ3n) is 3.02. The molecule has 0 aromatic heterocycles. The van der Waals surface area contributed by atoms with E-state index in [9.17, 15) is 9.50 Å². The van der Waals surface area contributed by atoms with Gasteiger partial charge in [-0.15, -0.1) is 0 Å². The van der Waals surface area contributed by atoms with Crippen LogP contribution >= 0.6 is 0 Å². The lowest BCUT2D eigenvalue weighted by Gasteiger charge is -2.20. The topological polar surface area (TPSA) is 55.5 Å². The first-order valence-electron chi connectivity index (χ1n) is 6.22. The van der Waals surface area contributed by atoms with Gasteiger partial charge < -0.3 is 15.6 Å². The molecule has 4 heteroatoms. The van der Waals surface area contributed by atoms with Crippen LogP contribution in [0.15, 0.2) is 18.2 Å². The van der Waals surface area contributed by atoms with Gasteiger partial charge in [0.05, 0.1) is 19.3 Å². The lowest BCUT2D eigenvalue weighted by molar-refractivity contribution is 0.127. The fourth-order valence-electron chi connectivity index (χ4n) is 1.80. The van der Waals surface area contributed by atoms with Gasteiger partial charge in [0.15, 0.2) is 0 Å². The summed E-state index contributed by atoms with van der Waals surface area (Å²) in [6, 6.07) is 3.80. The Morgan fingerprint density at radius 3 is 2.50 bits per heavy atom. The van der Waals surface area contributed by atoms with E-state index in [0.717, 1.165) is 6.42 Å². The van der Waals surface area contributed by atoms with Crippen molar-refractivity contribution in [2.45, 2.75) is 38.8 Å². The van der Waals surface area contributed by atoms with Gasteiger partial charge in [-0.1, -0.05) is 19.9 Å². The molecule has 2 atom stereocenters. The minimum atomic E-state index is -0.727. The Labute approximate surface area is 108 Å². The van der Waals surface area contributed by atoms with Crippen molar-refractivity contribution < 1.29 is 14.2 Å². The number of ether oxygens (including phenoxy) is 1. The van der Waals surface area contributed by atoms with E-state index >= 15 is 0 Å². The molecule has 0 unspecified atom stereocenters. The summed E-state index contributed by atoms with van der Waals surface area (Å²) in [5.74, 6) is 0.498. The molecule has 1 aromatic rings. The Kier molecular flexibility index (Phi) is 5.56. The molecule has 3 N–H and O–H groups in total. The van der Waals surface area contributed by atoms with Crippen LogP contribution in [-0.4, -0.2) is 18.3 Å². The summed E-state index contributed by atoms with van der Waals surface area (Å²) in [5.41, 5.74) is 6.21. The van der Waals surface area contributed by atoms with E-state index in [4.69, 9.17) is 10.5 Å². The average Bonchev–Trinajstić information content (AvgIpc) is 2.34. The van der Waals surface area contributed by atoms with Crippen LogP contribution in [0.5, 0.6) is 5.75 Å². The maximum absolute atomic E-state index is 13.8. The SMILES string of the molecule is COc1ccc([C@@H](N)[C@@H](O)CCC(C)C)c(F)c1.